The summed E-state index contributed by atoms with van der Waals surface area (Å²) in [5.41, 5.74) is 10.2. The summed E-state index contributed by atoms with van der Waals surface area (Å²) >= 11 is 0. The van der Waals surface area contributed by atoms with Crippen molar-refractivity contribution < 1.29 is 18.4 Å². The summed E-state index contributed by atoms with van der Waals surface area (Å²) in [5.74, 6) is -2.21. The lowest BCUT2D eigenvalue weighted by Crippen LogP contribution is -2.35. The summed E-state index contributed by atoms with van der Waals surface area (Å²) in [6, 6.07) is 12.1. The van der Waals surface area contributed by atoms with Crippen molar-refractivity contribution in [1.29, 1.82) is 0 Å². The van der Waals surface area contributed by atoms with Crippen molar-refractivity contribution in [3.05, 3.63) is 118 Å². The van der Waals surface area contributed by atoms with E-state index in [1.807, 2.05) is 18.2 Å². The zero-order valence-corrected chi connectivity index (χ0v) is 21.9. The SMILES string of the molecule is N[C@@H]1c2cccnc2[C@@H](NC(=O)c2cnc3c(c2)C[C@@]2(C3)C(=O)Nc3ncccc32)CC[C@H]1c1cccc(F)c1F. The molecule has 0 saturated heterocycles. The normalized spacial score (nSPS) is 24.3. The van der Waals surface area contributed by atoms with Gasteiger partial charge in [0.15, 0.2) is 11.6 Å². The first-order chi connectivity index (χ1) is 19.9. The van der Waals surface area contributed by atoms with Gasteiger partial charge in [-0.3, -0.25) is 19.6 Å². The molecular formula is C31H26F2N6O2. The van der Waals surface area contributed by atoms with E-state index >= 15 is 0 Å². The van der Waals surface area contributed by atoms with Crippen LogP contribution in [0.2, 0.25) is 0 Å². The lowest BCUT2D eigenvalue weighted by Gasteiger charge is -2.23. The number of anilines is 1. The summed E-state index contributed by atoms with van der Waals surface area (Å²) in [7, 11) is 0. The van der Waals surface area contributed by atoms with Gasteiger partial charge < -0.3 is 16.4 Å². The number of hydrogen-bond acceptors (Lipinski definition) is 6. The van der Waals surface area contributed by atoms with Crippen LogP contribution >= 0.6 is 0 Å². The molecule has 3 aromatic heterocycles. The third-order valence-electron chi connectivity index (χ3n) is 8.72. The van der Waals surface area contributed by atoms with E-state index in [9.17, 15) is 18.4 Å². The standard InChI is InChI=1S/C31H26F2N6O2/c32-22-7-1-4-18(25(22)33)19-8-9-23(27-20(26(19)34)5-2-10-35-27)38-29(40)17-12-16-13-31(14-24(16)37-15-17)21-6-3-11-36-28(21)39-30(31)41/h1-7,10-12,15,19,23,26H,8-9,13-14,34H2,(H,38,40)(H,36,39,41)/t19-,23-,26-,31-/m0/s1. The molecule has 4 N–H and O–H groups in total. The molecule has 4 heterocycles. The van der Waals surface area contributed by atoms with Gasteiger partial charge in [0.05, 0.1) is 22.7 Å². The molecule has 0 fully saturated rings. The first-order valence-corrected chi connectivity index (χ1v) is 13.6. The zero-order chi connectivity index (χ0) is 28.3. The van der Waals surface area contributed by atoms with E-state index in [4.69, 9.17) is 5.73 Å². The molecule has 0 radical (unpaired) electrons. The van der Waals surface area contributed by atoms with Crippen molar-refractivity contribution >= 4 is 17.6 Å². The largest absolute Gasteiger partial charge is 0.344 e. The molecule has 206 valence electrons. The molecule has 41 heavy (non-hydrogen) atoms. The second kappa shape index (κ2) is 9.52. The van der Waals surface area contributed by atoms with Crippen LogP contribution in [0.15, 0.2) is 67.1 Å². The number of nitrogens with zero attached hydrogens (tertiary/aromatic N) is 3. The number of pyridine rings is 3. The van der Waals surface area contributed by atoms with Gasteiger partial charge in [-0.15, -0.1) is 0 Å². The zero-order valence-electron chi connectivity index (χ0n) is 21.9. The highest BCUT2D eigenvalue weighted by Gasteiger charge is 2.51. The maximum absolute atomic E-state index is 14.8. The van der Waals surface area contributed by atoms with Gasteiger partial charge in [-0.25, -0.2) is 13.8 Å². The van der Waals surface area contributed by atoms with Crippen molar-refractivity contribution in [1.82, 2.24) is 20.3 Å². The van der Waals surface area contributed by atoms with Crippen molar-refractivity contribution in [2.45, 2.75) is 49.1 Å². The maximum atomic E-state index is 14.8. The van der Waals surface area contributed by atoms with Crippen molar-refractivity contribution in [3.8, 4) is 0 Å². The fraction of sp³-hybridized carbons (Fsp3) is 0.258. The quantitative estimate of drug-likeness (QED) is 0.328. The Morgan fingerprint density at radius 2 is 1.80 bits per heavy atom. The van der Waals surface area contributed by atoms with Crippen LogP contribution in [0.3, 0.4) is 0 Å². The van der Waals surface area contributed by atoms with Gasteiger partial charge in [-0.2, -0.15) is 0 Å². The molecule has 0 unspecified atom stereocenters. The number of nitrogens with two attached hydrogens (primary N) is 1. The summed E-state index contributed by atoms with van der Waals surface area (Å²) in [6.07, 6.45) is 6.49. The Balaban J connectivity index is 1.15. The van der Waals surface area contributed by atoms with Gasteiger partial charge in [0.25, 0.3) is 5.91 Å². The molecule has 7 rings (SSSR count). The third-order valence-corrected chi connectivity index (χ3v) is 8.72. The molecule has 4 aromatic rings. The number of carbonyl (C=O) groups excluding carboxylic acids is 2. The van der Waals surface area contributed by atoms with E-state index in [0.29, 0.717) is 48.3 Å². The van der Waals surface area contributed by atoms with Gasteiger partial charge >= 0.3 is 0 Å². The molecule has 2 amide bonds. The van der Waals surface area contributed by atoms with Crippen LogP contribution in [-0.2, 0) is 23.1 Å². The van der Waals surface area contributed by atoms with Gasteiger partial charge in [0.1, 0.15) is 5.82 Å². The average Bonchev–Trinajstić information content (AvgIpc) is 3.46. The Labute approximate surface area is 234 Å². The van der Waals surface area contributed by atoms with Gasteiger partial charge in [-0.05, 0) is 60.2 Å². The number of amides is 2. The number of benzene rings is 1. The van der Waals surface area contributed by atoms with Crippen LogP contribution in [0.5, 0.6) is 0 Å². The van der Waals surface area contributed by atoms with Gasteiger partial charge in [0, 0.05) is 48.2 Å². The topological polar surface area (TPSA) is 123 Å². The fourth-order valence-electron chi connectivity index (χ4n) is 6.66. The lowest BCUT2D eigenvalue weighted by atomic mass is 9.80. The van der Waals surface area contributed by atoms with E-state index < -0.39 is 35.1 Å². The Kier molecular flexibility index (Phi) is 5.90. The Morgan fingerprint density at radius 3 is 2.68 bits per heavy atom. The highest BCUT2D eigenvalue weighted by atomic mass is 19.2. The van der Waals surface area contributed by atoms with Crippen LogP contribution in [0, 0.1) is 11.6 Å². The fourth-order valence-corrected chi connectivity index (χ4v) is 6.66. The highest BCUT2D eigenvalue weighted by Crippen LogP contribution is 2.46. The summed E-state index contributed by atoms with van der Waals surface area (Å²) < 4.78 is 28.8. The highest BCUT2D eigenvalue weighted by molar-refractivity contribution is 6.06. The molecule has 0 bridgehead atoms. The first kappa shape index (κ1) is 25.4. The van der Waals surface area contributed by atoms with Crippen LogP contribution in [0.1, 0.15) is 74.8 Å². The van der Waals surface area contributed by atoms with Crippen molar-refractivity contribution in [3.63, 3.8) is 0 Å². The molecule has 1 spiro atoms. The van der Waals surface area contributed by atoms with E-state index in [0.717, 1.165) is 22.9 Å². The number of aromatic nitrogens is 3. The molecule has 1 aromatic carbocycles. The number of hydrogen-bond donors (Lipinski definition) is 3. The lowest BCUT2D eigenvalue weighted by molar-refractivity contribution is -0.120. The third kappa shape index (κ3) is 4.01. The Morgan fingerprint density at radius 1 is 1.00 bits per heavy atom. The second-order valence-electron chi connectivity index (χ2n) is 11.0. The van der Waals surface area contributed by atoms with Crippen molar-refractivity contribution in [2.24, 2.45) is 5.73 Å². The maximum Gasteiger partial charge on any atom is 0.253 e. The summed E-state index contributed by atoms with van der Waals surface area (Å²) in [6.45, 7) is 0. The van der Waals surface area contributed by atoms with Crippen LogP contribution < -0.4 is 16.4 Å². The number of fused-ring (bicyclic) bond motifs is 4. The molecule has 1 aliphatic heterocycles. The van der Waals surface area contributed by atoms with E-state index in [1.54, 1.807) is 30.6 Å². The second-order valence-corrected chi connectivity index (χ2v) is 11.0. The summed E-state index contributed by atoms with van der Waals surface area (Å²) in [5, 5.41) is 5.95. The van der Waals surface area contributed by atoms with E-state index in [2.05, 4.69) is 25.6 Å². The molecule has 3 aliphatic rings. The predicted octanol–water partition coefficient (Wildman–Crippen LogP) is 4.19. The number of rotatable bonds is 3. The minimum atomic E-state index is -0.920. The number of nitrogens with one attached hydrogen (secondary N) is 2. The van der Waals surface area contributed by atoms with E-state index in [1.165, 1.54) is 12.3 Å². The Bertz CT molecular complexity index is 1730. The smallest absolute Gasteiger partial charge is 0.253 e. The monoisotopic (exact) mass is 552 g/mol. The van der Waals surface area contributed by atoms with Crippen molar-refractivity contribution in [2.75, 3.05) is 5.32 Å². The van der Waals surface area contributed by atoms with Crippen LogP contribution in [-0.4, -0.2) is 26.8 Å². The molecule has 10 heteroatoms. The summed E-state index contributed by atoms with van der Waals surface area (Å²) in [4.78, 5) is 40.0. The minimum Gasteiger partial charge on any atom is -0.344 e. The predicted molar refractivity (Wildman–Crippen MR) is 146 cm³/mol. The minimum absolute atomic E-state index is 0.114. The van der Waals surface area contributed by atoms with Crippen LogP contribution in [0.4, 0.5) is 14.6 Å². The average molecular weight is 553 g/mol. The van der Waals surface area contributed by atoms with Crippen LogP contribution in [0.25, 0.3) is 0 Å². The van der Waals surface area contributed by atoms with Gasteiger partial charge in [0.2, 0.25) is 5.91 Å². The molecule has 2 aliphatic carbocycles. The molecule has 4 atom stereocenters. The molecular weight excluding hydrogens is 526 g/mol. The first-order valence-electron chi connectivity index (χ1n) is 13.6. The van der Waals surface area contributed by atoms with E-state index in [-0.39, 0.29) is 17.4 Å². The number of halogens is 2. The molecule has 8 nitrogen and oxygen atoms in total. The van der Waals surface area contributed by atoms with Gasteiger partial charge in [-0.1, -0.05) is 24.3 Å². The molecule has 0 saturated carbocycles. The number of carbonyl (C=O) groups is 2. The Hall–Kier alpha value is -4.57.